The third-order valence-electron chi connectivity index (χ3n) is 5.78. The van der Waals surface area contributed by atoms with Gasteiger partial charge >= 0.3 is 0 Å². The highest BCUT2D eigenvalue weighted by atomic mass is 16.2. The van der Waals surface area contributed by atoms with Crippen molar-refractivity contribution in [3.8, 4) is 0 Å². The summed E-state index contributed by atoms with van der Waals surface area (Å²) < 4.78 is 2.03. The van der Waals surface area contributed by atoms with Gasteiger partial charge in [-0.25, -0.2) is 0 Å². The lowest BCUT2D eigenvalue weighted by atomic mass is 10.1. The number of hydrogen-bond acceptors (Lipinski definition) is 2. The molecule has 0 aliphatic heterocycles. The van der Waals surface area contributed by atoms with Gasteiger partial charge in [0.2, 0.25) is 5.91 Å². The summed E-state index contributed by atoms with van der Waals surface area (Å²) in [6.45, 7) is 7.81. The molecular weight excluding hydrogens is 410 g/mol. The Morgan fingerprint density at radius 1 is 0.848 bits per heavy atom. The molecule has 174 valence electrons. The predicted octanol–water partition coefficient (Wildman–Crippen LogP) is 4.91. The first kappa shape index (κ1) is 24.3. The fraction of sp³-hybridized carbons (Fsp3) is 0.357. The van der Waals surface area contributed by atoms with Crippen molar-refractivity contribution >= 4 is 11.8 Å². The zero-order chi connectivity index (χ0) is 23.8. The Labute approximate surface area is 197 Å². The van der Waals surface area contributed by atoms with Crippen molar-refractivity contribution in [3.63, 3.8) is 0 Å². The number of aryl methyl sites for hydroxylation is 2. The van der Waals surface area contributed by atoms with Gasteiger partial charge < -0.3 is 14.4 Å². The second kappa shape index (κ2) is 11.5. The number of rotatable bonds is 10. The van der Waals surface area contributed by atoms with Crippen molar-refractivity contribution in [2.45, 2.75) is 40.3 Å². The van der Waals surface area contributed by atoms with Crippen LogP contribution in [0.2, 0.25) is 0 Å². The van der Waals surface area contributed by atoms with Gasteiger partial charge in [0.15, 0.2) is 0 Å². The summed E-state index contributed by atoms with van der Waals surface area (Å²) in [4.78, 5) is 30.4. The summed E-state index contributed by atoms with van der Waals surface area (Å²) in [5.41, 5.74) is 3.93. The minimum Gasteiger partial charge on any atom is -0.353 e. The van der Waals surface area contributed by atoms with E-state index in [2.05, 4.69) is 20.8 Å². The zero-order valence-corrected chi connectivity index (χ0v) is 20.2. The molecule has 0 atom stereocenters. The van der Waals surface area contributed by atoms with E-state index in [4.69, 9.17) is 0 Å². The summed E-state index contributed by atoms with van der Waals surface area (Å²) in [5, 5.41) is 0. The largest absolute Gasteiger partial charge is 0.353 e. The van der Waals surface area contributed by atoms with E-state index < -0.39 is 0 Å². The fourth-order valence-electron chi connectivity index (χ4n) is 3.88. The molecule has 0 saturated heterocycles. The second-order valence-corrected chi connectivity index (χ2v) is 8.98. The van der Waals surface area contributed by atoms with E-state index in [9.17, 15) is 9.59 Å². The van der Waals surface area contributed by atoms with E-state index in [1.54, 1.807) is 4.90 Å². The number of amides is 2. The first-order valence-electron chi connectivity index (χ1n) is 11.7. The minimum absolute atomic E-state index is 0.0563. The van der Waals surface area contributed by atoms with Gasteiger partial charge in [-0.1, -0.05) is 63.2 Å². The molecule has 0 aliphatic carbocycles. The molecule has 0 N–H and O–H groups in total. The van der Waals surface area contributed by atoms with Crippen molar-refractivity contribution in [1.29, 1.82) is 0 Å². The molecule has 2 amide bonds. The Bertz CT molecular complexity index is 1040. The van der Waals surface area contributed by atoms with Gasteiger partial charge in [0.1, 0.15) is 6.54 Å². The van der Waals surface area contributed by atoms with E-state index in [-0.39, 0.29) is 24.3 Å². The Kier molecular flexibility index (Phi) is 8.47. The molecule has 0 fully saturated rings. The van der Waals surface area contributed by atoms with Gasteiger partial charge in [-0.3, -0.25) is 9.59 Å². The monoisotopic (exact) mass is 445 g/mol. The maximum Gasteiger partial charge on any atom is 0.254 e. The average Bonchev–Trinajstić information content (AvgIpc) is 3.22. The first-order valence-corrected chi connectivity index (χ1v) is 11.7. The van der Waals surface area contributed by atoms with Gasteiger partial charge in [0, 0.05) is 37.6 Å². The van der Waals surface area contributed by atoms with Gasteiger partial charge in [-0.15, -0.1) is 0 Å². The van der Waals surface area contributed by atoms with Gasteiger partial charge in [-0.05, 0) is 47.7 Å². The lowest BCUT2D eigenvalue weighted by molar-refractivity contribution is -0.133. The zero-order valence-electron chi connectivity index (χ0n) is 20.2. The van der Waals surface area contributed by atoms with E-state index in [0.717, 1.165) is 17.7 Å². The van der Waals surface area contributed by atoms with Crippen molar-refractivity contribution in [2.24, 2.45) is 13.0 Å². The molecule has 1 heterocycles. The van der Waals surface area contributed by atoms with E-state index in [1.165, 1.54) is 5.56 Å². The van der Waals surface area contributed by atoms with Crippen LogP contribution in [0, 0.1) is 5.92 Å². The number of nitrogens with zero attached hydrogens (tertiary/aromatic N) is 3. The van der Waals surface area contributed by atoms with E-state index >= 15 is 0 Å². The Morgan fingerprint density at radius 3 is 2.12 bits per heavy atom. The Morgan fingerprint density at radius 2 is 1.55 bits per heavy atom. The summed E-state index contributed by atoms with van der Waals surface area (Å²) in [6.07, 6.45) is 2.91. The fourth-order valence-corrected chi connectivity index (χ4v) is 3.88. The predicted molar refractivity (Wildman–Crippen MR) is 133 cm³/mol. The second-order valence-electron chi connectivity index (χ2n) is 8.98. The van der Waals surface area contributed by atoms with Crippen molar-refractivity contribution < 1.29 is 9.59 Å². The van der Waals surface area contributed by atoms with Crippen LogP contribution >= 0.6 is 0 Å². The SMILES string of the molecule is CCc1ccc(C(=O)N(CC(=O)N(Cc2ccccc2)Cc2cccn2C)CC(C)C)cc1. The van der Waals surface area contributed by atoms with Crippen LogP contribution in [0.3, 0.4) is 0 Å². The maximum atomic E-state index is 13.5. The number of carbonyl (C=O) groups excluding carboxylic acids is 2. The van der Waals surface area contributed by atoms with Crippen LogP contribution < -0.4 is 0 Å². The molecule has 3 rings (SSSR count). The highest BCUT2D eigenvalue weighted by molar-refractivity contribution is 5.96. The van der Waals surface area contributed by atoms with Crippen LogP contribution in [0.1, 0.15) is 48.0 Å². The van der Waals surface area contributed by atoms with Crippen LogP contribution in [0.4, 0.5) is 0 Å². The molecule has 1 aromatic heterocycles. The van der Waals surface area contributed by atoms with Crippen molar-refractivity contribution in [3.05, 3.63) is 95.3 Å². The standard InChI is InChI=1S/C28H35N3O2/c1-5-23-13-15-25(16-14-23)28(33)31(18-22(2)3)21-27(32)30(19-24-10-7-6-8-11-24)20-26-12-9-17-29(26)4/h6-17,22H,5,18-21H2,1-4H3. The lowest BCUT2D eigenvalue weighted by Gasteiger charge is -2.29. The number of hydrogen-bond donors (Lipinski definition) is 0. The molecule has 0 saturated carbocycles. The van der Waals surface area contributed by atoms with Gasteiger partial charge in [0.25, 0.3) is 5.91 Å². The third kappa shape index (κ3) is 6.82. The van der Waals surface area contributed by atoms with E-state index in [0.29, 0.717) is 25.2 Å². The molecule has 0 unspecified atom stereocenters. The molecule has 33 heavy (non-hydrogen) atoms. The quantitative estimate of drug-likeness (QED) is 0.445. The van der Waals surface area contributed by atoms with Crippen LogP contribution in [0.5, 0.6) is 0 Å². The van der Waals surface area contributed by atoms with Crippen molar-refractivity contribution in [1.82, 2.24) is 14.4 Å². The molecule has 2 aromatic carbocycles. The normalized spacial score (nSPS) is 10.9. The molecule has 0 aliphatic rings. The molecule has 0 spiro atoms. The summed E-state index contributed by atoms with van der Waals surface area (Å²) >= 11 is 0. The Hall–Kier alpha value is -3.34. The topological polar surface area (TPSA) is 45.6 Å². The Balaban J connectivity index is 1.81. The molecule has 0 bridgehead atoms. The highest BCUT2D eigenvalue weighted by Gasteiger charge is 2.24. The summed E-state index contributed by atoms with van der Waals surface area (Å²) in [6, 6.07) is 21.7. The maximum absolute atomic E-state index is 13.5. The van der Waals surface area contributed by atoms with Crippen LogP contribution in [-0.4, -0.2) is 39.3 Å². The summed E-state index contributed by atoms with van der Waals surface area (Å²) in [5.74, 6) is 0.101. The molecule has 3 aromatic rings. The van der Waals surface area contributed by atoms with Gasteiger partial charge in [0.05, 0.1) is 6.54 Å². The third-order valence-corrected chi connectivity index (χ3v) is 5.78. The van der Waals surface area contributed by atoms with E-state index in [1.807, 2.05) is 89.4 Å². The van der Waals surface area contributed by atoms with Crippen molar-refractivity contribution in [2.75, 3.05) is 13.1 Å². The van der Waals surface area contributed by atoms with Crippen LogP contribution in [0.25, 0.3) is 0 Å². The van der Waals surface area contributed by atoms with Gasteiger partial charge in [-0.2, -0.15) is 0 Å². The highest BCUT2D eigenvalue weighted by Crippen LogP contribution is 2.14. The first-order chi connectivity index (χ1) is 15.9. The molecule has 5 nitrogen and oxygen atoms in total. The van der Waals surface area contributed by atoms with Crippen LogP contribution in [-0.2, 0) is 31.4 Å². The number of benzene rings is 2. The average molecular weight is 446 g/mol. The minimum atomic E-state index is -0.0989. The molecule has 5 heteroatoms. The molecular formula is C28H35N3O2. The lowest BCUT2D eigenvalue weighted by Crippen LogP contribution is -2.44. The van der Waals surface area contributed by atoms with Crippen LogP contribution in [0.15, 0.2) is 72.9 Å². The number of aromatic nitrogens is 1. The summed E-state index contributed by atoms with van der Waals surface area (Å²) in [7, 11) is 1.98. The number of carbonyl (C=O) groups is 2. The molecule has 0 radical (unpaired) electrons. The smallest absolute Gasteiger partial charge is 0.254 e.